The normalized spacial score (nSPS) is 11.3. The van der Waals surface area contributed by atoms with Crippen molar-refractivity contribution in [1.82, 2.24) is 0 Å². The van der Waals surface area contributed by atoms with E-state index in [1.165, 1.54) is 24.3 Å². The van der Waals surface area contributed by atoms with Crippen LogP contribution in [0.1, 0.15) is 49.9 Å². The highest BCUT2D eigenvalue weighted by atomic mass is 32.2. The summed E-state index contributed by atoms with van der Waals surface area (Å²) < 4.78 is 44.0. The number of ether oxygens (including phenoxy) is 1. The number of anilines is 1. The molecule has 0 aliphatic rings. The molecule has 2 aromatic carbocycles. The Labute approximate surface area is 176 Å². The van der Waals surface area contributed by atoms with Gasteiger partial charge in [0.15, 0.2) is 5.75 Å². The molecule has 0 atom stereocenters. The molecule has 2 rings (SSSR count). The van der Waals surface area contributed by atoms with Gasteiger partial charge >= 0.3 is 5.97 Å². The zero-order valence-electron chi connectivity index (χ0n) is 17.1. The molecule has 2 aromatic rings. The van der Waals surface area contributed by atoms with Crippen molar-refractivity contribution < 1.29 is 27.4 Å². The van der Waals surface area contributed by atoms with Gasteiger partial charge in [0.25, 0.3) is 0 Å². The Balaban J connectivity index is 2.73. The Hall–Kier alpha value is -2.65. The second-order valence-electron chi connectivity index (χ2n) is 6.93. The van der Waals surface area contributed by atoms with Crippen molar-refractivity contribution in [2.75, 3.05) is 18.0 Å². The minimum absolute atomic E-state index is 0.0789. The average molecular weight is 439 g/mol. The van der Waals surface area contributed by atoms with Gasteiger partial charge < -0.3 is 14.7 Å². The van der Waals surface area contributed by atoms with Crippen LogP contribution in [0.2, 0.25) is 0 Å². The molecule has 0 radical (unpaired) electrons. The Morgan fingerprint density at radius 3 is 2.27 bits per heavy atom. The molecule has 9 heteroatoms. The van der Waals surface area contributed by atoms with Gasteiger partial charge in [-0.2, -0.15) is 0 Å². The van der Waals surface area contributed by atoms with Crippen LogP contribution >= 0.6 is 0 Å². The molecular formula is C21H27FN2O5S. The van der Waals surface area contributed by atoms with Gasteiger partial charge in [-0.25, -0.2) is 22.7 Å². The first-order chi connectivity index (χ1) is 14.2. The van der Waals surface area contributed by atoms with E-state index in [9.17, 15) is 22.7 Å². The predicted molar refractivity (Wildman–Crippen MR) is 113 cm³/mol. The summed E-state index contributed by atoms with van der Waals surface area (Å²) in [6.07, 6.45) is 3.41. The summed E-state index contributed by atoms with van der Waals surface area (Å²) in [5.41, 5.74) is 0.0729. The number of halogens is 1. The Morgan fingerprint density at radius 1 is 1.13 bits per heavy atom. The Morgan fingerprint density at radius 2 is 1.77 bits per heavy atom. The number of hydrogen-bond donors (Lipinski definition) is 2. The molecule has 30 heavy (non-hydrogen) atoms. The summed E-state index contributed by atoms with van der Waals surface area (Å²) in [5.74, 6) is -1.87. The summed E-state index contributed by atoms with van der Waals surface area (Å²) in [7, 11) is -4.33. The molecule has 0 spiro atoms. The largest absolute Gasteiger partial charge is 0.478 e. The Bertz CT molecular complexity index is 987. The predicted octanol–water partition coefficient (Wildman–Crippen LogP) is 4.37. The third-order valence-corrected chi connectivity index (χ3v) is 5.42. The topological polar surface area (TPSA) is 110 Å². The molecule has 164 valence electrons. The van der Waals surface area contributed by atoms with Crippen molar-refractivity contribution in [1.29, 1.82) is 0 Å². The van der Waals surface area contributed by atoms with Crippen LogP contribution in [0.5, 0.6) is 11.5 Å². The van der Waals surface area contributed by atoms with E-state index in [4.69, 9.17) is 9.88 Å². The van der Waals surface area contributed by atoms with Gasteiger partial charge in [-0.3, -0.25) is 0 Å². The fourth-order valence-corrected chi connectivity index (χ4v) is 3.65. The van der Waals surface area contributed by atoms with Crippen LogP contribution in [0.4, 0.5) is 10.1 Å². The first-order valence-corrected chi connectivity index (χ1v) is 11.3. The molecule has 0 amide bonds. The average Bonchev–Trinajstić information content (AvgIpc) is 2.67. The van der Waals surface area contributed by atoms with Crippen molar-refractivity contribution in [3.8, 4) is 11.5 Å². The number of aromatic carboxylic acids is 1. The summed E-state index contributed by atoms with van der Waals surface area (Å²) in [6.45, 7) is 5.18. The van der Waals surface area contributed by atoms with Crippen LogP contribution in [0.15, 0.2) is 41.3 Å². The lowest BCUT2D eigenvalue weighted by molar-refractivity contribution is 0.0696. The number of primary sulfonamides is 1. The van der Waals surface area contributed by atoms with E-state index in [0.29, 0.717) is 18.8 Å². The van der Waals surface area contributed by atoms with Crippen molar-refractivity contribution in [2.45, 2.75) is 44.4 Å². The molecule has 0 aromatic heterocycles. The number of carboxylic acids is 1. The summed E-state index contributed by atoms with van der Waals surface area (Å²) >= 11 is 0. The first kappa shape index (κ1) is 23.6. The Kier molecular flexibility index (Phi) is 8.19. The lowest BCUT2D eigenvalue weighted by Crippen LogP contribution is -2.27. The molecule has 0 saturated carbocycles. The molecule has 7 nitrogen and oxygen atoms in total. The quantitative estimate of drug-likeness (QED) is 0.539. The van der Waals surface area contributed by atoms with Crippen LogP contribution in [0.3, 0.4) is 0 Å². The van der Waals surface area contributed by atoms with E-state index in [2.05, 4.69) is 0 Å². The molecule has 0 bridgehead atoms. The van der Waals surface area contributed by atoms with Crippen LogP contribution in [-0.4, -0.2) is 32.6 Å². The van der Waals surface area contributed by atoms with Crippen molar-refractivity contribution >= 4 is 21.7 Å². The molecule has 0 aliphatic heterocycles. The second-order valence-corrected chi connectivity index (χ2v) is 8.46. The van der Waals surface area contributed by atoms with Crippen molar-refractivity contribution in [2.24, 2.45) is 5.14 Å². The number of unbranched alkanes of at least 4 members (excludes halogenated alkanes) is 2. The zero-order valence-corrected chi connectivity index (χ0v) is 17.9. The standard InChI is InChI=1S/C21H27FN2O5S/c1-3-5-10-24(11-6-4-2)18-12-15(21(25)26)13-19(30(23,27)28)20(18)29-17-9-7-8-16(22)14-17/h7-9,12-14H,3-6,10-11H2,1-2H3,(H,25,26)(H2,23,27,28). The molecule has 0 heterocycles. The van der Waals surface area contributed by atoms with Gasteiger partial charge in [0.05, 0.1) is 11.3 Å². The third-order valence-electron chi connectivity index (χ3n) is 4.51. The number of carboxylic acid groups (broad SMARTS) is 1. The first-order valence-electron chi connectivity index (χ1n) is 9.79. The van der Waals surface area contributed by atoms with Gasteiger partial charge in [0.1, 0.15) is 16.5 Å². The van der Waals surface area contributed by atoms with Crippen molar-refractivity contribution in [3.05, 3.63) is 47.8 Å². The number of nitrogens with two attached hydrogens (primary N) is 1. The van der Waals surface area contributed by atoms with E-state index >= 15 is 0 Å². The van der Waals surface area contributed by atoms with E-state index in [1.807, 2.05) is 18.7 Å². The molecular weight excluding hydrogens is 411 g/mol. The minimum atomic E-state index is -4.33. The highest BCUT2D eigenvalue weighted by molar-refractivity contribution is 7.89. The van der Waals surface area contributed by atoms with Gasteiger partial charge in [-0.05, 0) is 37.1 Å². The molecule has 0 saturated heterocycles. The fourth-order valence-electron chi connectivity index (χ4n) is 2.96. The van der Waals surface area contributed by atoms with Crippen LogP contribution in [-0.2, 0) is 10.0 Å². The smallest absolute Gasteiger partial charge is 0.335 e. The second kappa shape index (κ2) is 10.4. The van der Waals surface area contributed by atoms with Gasteiger partial charge in [-0.1, -0.05) is 32.8 Å². The van der Waals surface area contributed by atoms with Crippen LogP contribution in [0.25, 0.3) is 0 Å². The highest BCUT2D eigenvalue weighted by Gasteiger charge is 2.26. The summed E-state index contributed by atoms with van der Waals surface area (Å²) in [4.78, 5) is 13.1. The number of hydrogen-bond acceptors (Lipinski definition) is 5. The lowest BCUT2D eigenvalue weighted by atomic mass is 10.1. The summed E-state index contributed by atoms with van der Waals surface area (Å²) in [5, 5.41) is 14.9. The number of carbonyl (C=O) groups is 1. The molecule has 0 fully saturated rings. The van der Waals surface area contributed by atoms with Crippen LogP contribution < -0.4 is 14.8 Å². The maximum absolute atomic E-state index is 13.7. The van der Waals surface area contributed by atoms with E-state index in [-0.39, 0.29) is 17.1 Å². The van der Waals surface area contributed by atoms with Gasteiger partial charge in [0, 0.05) is 19.2 Å². The van der Waals surface area contributed by atoms with Gasteiger partial charge in [0.2, 0.25) is 10.0 Å². The highest BCUT2D eigenvalue weighted by Crippen LogP contribution is 2.39. The van der Waals surface area contributed by atoms with E-state index < -0.39 is 26.7 Å². The number of nitrogens with zero attached hydrogens (tertiary/aromatic N) is 1. The maximum atomic E-state index is 13.7. The fraction of sp³-hybridized carbons (Fsp3) is 0.381. The summed E-state index contributed by atoms with van der Waals surface area (Å²) in [6, 6.07) is 7.59. The molecule has 0 unspecified atom stereocenters. The van der Waals surface area contributed by atoms with E-state index in [1.54, 1.807) is 0 Å². The monoisotopic (exact) mass is 438 g/mol. The lowest BCUT2D eigenvalue weighted by Gasteiger charge is -2.28. The van der Waals surface area contributed by atoms with E-state index in [0.717, 1.165) is 37.8 Å². The third kappa shape index (κ3) is 6.17. The van der Waals surface area contributed by atoms with Gasteiger partial charge in [-0.15, -0.1) is 0 Å². The molecule has 3 N–H and O–H groups in total. The number of sulfonamides is 1. The van der Waals surface area contributed by atoms with Crippen molar-refractivity contribution in [3.63, 3.8) is 0 Å². The number of rotatable bonds is 11. The minimum Gasteiger partial charge on any atom is -0.478 e. The van der Waals surface area contributed by atoms with Crippen LogP contribution in [0, 0.1) is 5.82 Å². The maximum Gasteiger partial charge on any atom is 0.335 e. The number of benzene rings is 2. The zero-order chi connectivity index (χ0) is 22.3. The molecule has 0 aliphatic carbocycles. The SMILES string of the molecule is CCCCN(CCCC)c1cc(C(=O)O)cc(S(N)(=O)=O)c1Oc1cccc(F)c1.